The van der Waals surface area contributed by atoms with Crippen molar-refractivity contribution >= 4 is 5.91 Å². The van der Waals surface area contributed by atoms with Crippen molar-refractivity contribution in [1.29, 1.82) is 0 Å². The Bertz CT molecular complexity index is 653. The lowest BCUT2D eigenvalue weighted by atomic mass is 9.97. The van der Waals surface area contributed by atoms with Crippen molar-refractivity contribution in [3.05, 3.63) is 71.3 Å². The fourth-order valence-corrected chi connectivity index (χ4v) is 3.16. The predicted octanol–water partition coefficient (Wildman–Crippen LogP) is 2.95. The zero-order chi connectivity index (χ0) is 15.5. The number of carbonyl (C=O) groups is 1. The smallest absolute Gasteiger partial charge is 0.221 e. The zero-order valence-electron chi connectivity index (χ0n) is 12.7. The maximum Gasteiger partial charge on any atom is 0.221 e. The Kier molecular flexibility index (Phi) is 4.25. The first-order chi connectivity index (χ1) is 10.6. The molecule has 22 heavy (non-hydrogen) atoms. The number of benzene rings is 2. The highest BCUT2D eigenvalue weighted by atomic mass is 16.3. The standard InChI is InChI=1S/C19H21NO2/c1-13(14-7-3-2-4-8-14)11-18(22)20-19-16-10-6-5-9-15(16)12-17(19)21/h2-10,13,17,19,21H,11-12H2,1H3,(H,20,22)/t13?,17-,19+/m0/s1. The summed E-state index contributed by atoms with van der Waals surface area (Å²) in [4.78, 5) is 12.3. The van der Waals surface area contributed by atoms with E-state index in [1.54, 1.807) is 0 Å². The number of carbonyl (C=O) groups excluding carboxylic acids is 1. The summed E-state index contributed by atoms with van der Waals surface area (Å²) in [6.07, 6.45) is 0.499. The minimum Gasteiger partial charge on any atom is -0.390 e. The van der Waals surface area contributed by atoms with Crippen molar-refractivity contribution in [2.45, 2.75) is 37.8 Å². The van der Waals surface area contributed by atoms with E-state index in [2.05, 4.69) is 5.32 Å². The molecule has 1 unspecified atom stereocenters. The van der Waals surface area contributed by atoms with Gasteiger partial charge in [0.25, 0.3) is 0 Å². The van der Waals surface area contributed by atoms with E-state index in [4.69, 9.17) is 0 Å². The molecule has 3 atom stereocenters. The second-order valence-corrected chi connectivity index (χ2v) is 6.03. The minimum atomic E-state index is -0.534. The number of aliphatic hydroxyl groups excluding tert-OH is 1. The van der Waals surface area contributed by atoms with Crippen LogP contribution in [0.3, 0.4) is 0 Å². The molecule has 0 fully saturated rings. The van der Waals surface area contributed by atoms with Gasteiger partial charge >= 0.3 is 0 Å². The molecule has 0 spiro atoms. The van der Waals surface area contributed by atoms with Crippen LogP contribution in [0.2, 0.25) is 0 Å². The van der Waals surface area contributed by atoms with Gasteiger partial charge in [-0.3, -0.25) is 4.79 Å². The first kappa shape index (κ1) is 14.8. The van der Waals surface area contributed by atoms with Crippen LogP contribution in [0, 0.1) is 0 Å². The quantitative estimate of drug-likeness (QED) is 0.911. The van der Waals surface area contributed by atoms with Crippen LogP contribution in [0.1, 0.15) is 42.0 Å². The first-order valence-electron chi connectivity index (χ1n) is 7.75. The van der Waals surface area contributed by atoms with E-state index in [0.717, 1.165) is 16.7 Å². The number of nitrogens with one attached hydrogen (secondary N) is 1. The molecule has 3 rings (SSSR count). The third kappa shape index (κ3) is 3.04. The van der Waals surface area contributed by atoms with Crippen LogP contribution in [-0.4, -0.2) is 17.1 Å². The molecule has 1 amide bonds. The van der Waals surface area contributed by atoms with Gasteiger partial charge < -0.3 is 10.4 Å². The second-order valence-electron chi connectivity index (χ2n) is 6.03. The summed E-state index contributed by atoms with van der Waals surface area (Å²) in [5.41, 5.74) is 3.32. The third-order valence-electron chi connectivity index (χ3n) is 4.38. The van der Waals surface area contributed by atoms with Gasteiger partial charge in [0.15, 0.2) is 0 Å². The van der Waals surface area contributed by atoms with Crippen molar-refractivity contribution in [2.24, 2.45) is 0 Å². The molecule has 3 heteroatoms. The summed E-state index contributed by atoms with van der Waals surface area (Å²) in [5.74, 6) is 0.145. The normalized spacial score (nSPS) is 21.2. The van der Waals surface area contributed by atoms with Crippen molar-refractivity contribution in [3.8, 4) is 0 Å². The van der Waals surface area contributed by atoms with E-state index in [0.29, 0.717) is 12.8 Å². The second kappa shape index (κ2) is 6.32. The Labute approximate surface area is 131 Å². The lowest BCUT2D eigenvalue weighted by molar-refractivity contribution is -0.122. The van der Waals surface area contributed by atoms with Crippen molar-refractivity contribution < 1.29 is 9.90 Å². The number of hydrogen-bond acceptors (Lipinski definition) is 2. The van der Waals surface area contributed by atoms with Crippen LogP contribution in [0.15, 0.2) is 54.6 Å². The molecule has 0 bridgehead atoms. The van der Waals surface area contributed by atoms with Crippen molar-refractivity contribution in [3.63, 3.8) is 0 Å². The molecule has 114 valence electrons. The van der Waals surface area contributed by atoms with Gasteiger partial charge in [0.05, 0.1) is 12.1 Å². The highest BCUT2D eigenvalue weighted by Crippen LogP contribution is 2.31. The van der Waals surface area contributed by atoms with E-state index in [1.165, 1.54) is 0 Å². The monoisotopic (exact) mass is 295 g/mol. The van der Waals surface area contributed by atoms with Gasteiger partial charge in [0, 0.05) is 12.8 Å². The maximum atomic E-state index is 12.3. The molecular formula is C19H21NO2. The molecule has 0 radical (unpaired) electrons. The highest BCUT2D eigenvalue weighted by molar-refractivity contribution is 5.77. The number of hydrogen-bond donors (Lipinski definition) is 2. The Balaban J connectivity index is 1.65. The zero-order valence-corrected chi connectivity index (χ0v) is 12.7. The topological polar surface area (TPSA) is 49.3 Å². The summed E-state index contributed by atoms with van der Waals surface area (Å²) in [5, 5.41) is 13.2. The average molecular weight is 295 g/mol. The van der Waals surface area contributed by atoms with Crippen LogP contribution >= 0.6 is 0 Å². The number of rotatable bonds is 4. The van der Waals surface area contributed by atoms with Gasteiger partial charge in [-0.1, -0.05) is 61.5 Å². The molecule has 0 heterocycles. The van der Waals surface area contributed by atoms with E-state index < -0.39 is 6.10 Å². The summed E-state index contributed by atoms with van der Waals surface area (Å²) in [7, 11) is 0. The summed E-state index contributed by atoms with van der Waals surface area (Å²) < 4.78 is 0. The number of aliphatic hydroxyl groups is 1. The Morgan fingerprint density at radius 3 is 2.64 bits per heavy atom. The van der Waals surface area contributed by atoms with Gasteiger partial charge in [0.1, 0.15) is 0 Å². The fraction of sp³-hybridized carbons (Fsp3) is 0.316. The predicted molar refractivity (Wildman–Crippen MR) is 86.5 cm³/mol. The highest BCUT2D eigenvalue weighted by Gasteiger charge is 2.31. The van der Waals surface area contributed by atoms with E-state index in [-0.39, 0.29) is 17.9 Å². The summed E-state index contributed by atoms with van der Waals surface area (Å²) in [6.45, 7) is 2.05. The maximum absolute atomic E-state index is 12.3. The van der Waals surface area contributed by atoms with Crippen LogP contribution in [0.25, 0.3) is 0 Å². The minimum absolute atomic E-state index is 0.0166. The Hall–Kier alpha value is -2.13. The van der Waals surface area contributed by atoms with Gasteiger partial charge in [-0.15, -0.1) is 0 Å². The van der Waals surface area contributed by atoms with Crippen molar-refractivity contribution in [2.75, 3.05) is 0 Å². The molecular weight excluding hydrogens is 274 g/mol. The molecule has 2 aromatic rings. The van der Waals surface area contributed by atoms with E-state index in [9.17, 15) is 9.90 Å². The molecule has 1 aliphatic carbocycles. The molecule has 0 aliphatic heterocycles. The van der Waals surface area contributed by atoms with Gasteiger partial charge in [-0.2, -0.15) is 0 Å². The molecule has 1 aliphatic rings. The fourth-order valence-electron chi connectivity index (χ4n) is 3.16. The van der Waals surface area contributed by atoms with E-state index in [1.807, 2.05) is 61.5 Å². The Morgan fingerprint density at radius 1 is 1.18 bits per heavy atom. The number of amides is 1. The van der Waals surface area contributed by atoms with Crippen LogP contribution in [-0.2, 0) is 11.2 Å². The van der Waals surface area contributed by atoms with Gasteiger partial charge in [-0.05, 0) is 22.6 Å². The molecule has 0 saturated heterocycles. The van der Waals surface area contributed by atoms with Crippen LogP contribution in [0.4, 0.5) is 0 Å². The van der Waals surface area contributed by atoms with Gasteiger partial charge in [-0.25, -0.2) is 0 Å². The van der Waals surface area contributed by atoms with E-state index >= 15 is 0 Å². The Morgan fingerprint density at radius 2 is 1.86 bits per heavy atom. The summed E-state index contributed by atoms with van der Waals surface area (Å²) >= 11 is 0. The first-order valence-corrected chi connectivity index (χ1v) is 7.75. The number of fused-ring (bicyclic) bond motifs is 1. The van der Waals surface area contributed by atoms with Crippen molar-refractivity contribution in [1.82, 2.24) is 5.32 Å². The molecule has 2 N–H and O–H groups in total. The molecule has 0 saturated carbocycles. The SMILES string of the molecule is CC(CC(=O)N[C@@H]1c2ccccc2C[C@@H]1O)c1ccccc1. The van der Waals surface area contributed by atoms with Crippen LogP contribution in [0.5, 0.6) is 0 Å². The lowest BCUT2D eigenvalue weighted by Crippen LogP contribution is -2.34. The third-order valence-corrected chi connectivity index (χ3v) is 4.38. The molecule has 2 aromatic carbocycles. The lowest BCUT2D eigenvalue weighted by Gasteiger charge is -2.19. The molecule has 3 nitrogen and oxygen atoms in total. The van der Waals surface area contributed by atoms with Crippen LogP contribution < -0.4 is 5.32 Å². The molecule has 0 aromatic heterocycles. The van der Waals surface area contributed by atoms with Gasteiger partial charge in [0.2, 0.25) is 5.91 Å². The average Bonchev–Trinajstić information content (AvgIpc) is 2.84. The largest absolute Gasteiger partial charge is 0.390 e. The summed E-state index contributed by atoms with van der Waals surface area (Å²) in [6, 6.07) is 17.6.